The van der Waals surface area contributed by atoms with Crippen LogP contribution in [-0.2, 0) is 16.6 Å². The van der Waals surface area contributed by atoms with Crippen molar-refractivity contribution in [1.29, 1.82) is 0 Å². The standard InChI is InChI=1S/C14H12BrFN2O2S/c15-10-2-4-12(17)13(6-10)21(20)7-9-5-8(14(18)19)1-3-11(9)16/h1-6H,7,17H2,(H2,18,19). The van der Waals surface area contributed by atoms with E-state index in [9.17, 15) is 13.4 Å². The van der Waals surface area contributed by atoms with Crippen molar-refractivity contribution in [2.75, 3.05) is 5.73 Å². The van der Waals surface area contributed by atoms with Gasteiger partial charge in [-0.25, -0.2) is 4.39 Å². The minimum absolute atomic E-state index is 0.0897. The molecule has 0 heterocycles. The molecule has 2 aromatic rings. The number of nitrogens with two attached hydrogens (primary N) is 2. The van der Waals surface area contributed by atoms with Gasteiger partial charge in [-0.15, -0.1) is 0 Å². The molecule has 2 rings (SSSR count). The Labute approximate surface area is 131 Å². The molecule has 1 atom stereocenters. The van der Waals surface area contributed by atoms with Crippen LogP contribution in [0.3, 0.4) is 0 Å². The maximum absolute atomic E-state index is 13.8. The summed E-state index contributed by atoms with van der Waals surface area (Å²) in [6.07, 6.45) is 0. The van der Waals surface area contributed by atoms with E-state index in [0.29, 0.717) is 10.6 Å². The fourth-order valence-electron chi connectivity index (χ4n) is 1.76. The van der Waals surface area contributed by atoms with E-state index < -0.39 is 22.5 Å². The number of rotatable bonds is 4. The third-order valence-electron chi connectivity index (χ3n) is 2.84. The third kappa shape index (κ3) is 3.68. The SMILES string of the molecule is NC(=O)c1ccc(F)c(CS(=O)c2cc(Br)ccc2N)c1. The van der Waals surface area contributed by atoms with Gasteiger partial charge in [-0.2, -0.15) is 0 Å². The molecule has 7 heteroatoms. The van der Waals surface area contributed by atoms with Crippen LogP contribution in [0.2, 0.25) is 0 Å². The van der Waals surface area contributed by atoms with Gasteiger partial charge in [-0.3, -0.25) is 9.00 Å². The molecule has 0 aromatic heterocycles. The van der Waals surface area contributed by atoms with Crippen LogP contribution in [0.25, 0.3) is 0 Å². The lowest BCUT2D eigenvalue weighted by Crippen LogP contribution is -2.12. The van der Waals surface area contributed by atoms with Gasteiger partial charge in [-0.1, -0.05) is 15.9 Å². The molecule has 0 aliphatic rings. The number of halogens is 2. The summed E-state index contributed by atoms with van der Waals surface area (Å²) >= 11 is 3.27. The molecular weight excluding hydrogens is 359 g/mol. The minimum Gasteiger partial charge on any atom is -0.398 e. The molecule has 2 aromatic carbocycles. The Kier molecular flexibility index (Phi) is 4.74. The summed E-state index contributed by atoms with van der Waals surface area (Å²) in [5, 5.41) is 0. The first-order chi connectivity index (χ1) is 9.88. The maximum Gasteiger partial charge on any atom is 0.248 e. The number of anilines is 1. The van der Waals surface area contributed by atoms with Gasteiger partial charge < -0.3 is 11.5 Å². The number of benzene rings is 2. The molecule has 0 fully saturated rings. The van der Waals surface area contributed by atoms with Crippen molar-refractivity contribution in [3.8, 4) is 0 Å². The summed E-state index contributed by atoms with van der Waals surface area (Å²) in [5.74, 6) is -1.29. The summed E-state index contributed by atoms with van der Waals surface area (Å²) < 4.78 is 26.8. The number of carbonyl (C=O) groups excluding carboxylic acids is 1. The molecule has 0 bridgehead atoms. The summed E-state index contributed by atoms with van der Waals surface area (Å²) in [7, 11) is -1.54. The number of hydrogen-bond acceptors (Lipinski definition) is 3. The second-order valence-corrected chi connectivity index (χ2v) is 6.68. The summed E-state index contributed by atoms with van der Waals surface area (Å²) in [5.41, 5.74) is 11.6. The van der Waals surface area contributed by atoms with Crippen LogP contribution in [0.15, 0.2) is 45.8 Å². The molecule has 0 aliphatic carbocycles. The van der Waals surface area contributed by atoms with Crippen LogP contribution < -0.4 is 11.5 Å². The van der Waals surface area contributed by atoms with E-state index >= 15 is 0 Å². The minimum atomic E-state index is -1.54. The van der Waals surface area contributed by atoms with Crippen LogP contribution in [0, 0.1) is 5.82 Å². The Morgan fingerprint density at radius 3 is 2.62 bits per heavy atom. The molecule has 1 unspecified atom stereocenters. The first-order valence-corrected chi connectivity index (χ1v) is 8.01. The Morgan fingerprint density at radius 2 is 1.95 bits per heavy atom. The summed E-state index contributed by atoms with van der Waals surface area (Å²) in [6, 6.07) is 8.71. The van der Waals surface area contributed by atoms with Crippen molar-refractivity contribution in [3.63, 3.8) is 0 Å². The first kappa shape index (κ1) is 15.7. The van der Waals surface area contributed by atoms with Crippen molar-refractivity contribution in [2.45, 2.75) is 10.6 Å². The average Bonchev–Trinajstić information content (AvgIpc) is 2.43. The summed E-state index contributed by atoms with van der Waals surface area (Å²) in [4.78, 5) is 11.5. The van der Waals surface area contributed by atoms with Gasteiger partial charge in [0.15, 0.2) is 0 Å². The highest BCUT2D eigenvalue weighted by molar-refractivity contribution is 9.10. The van der Waals surface area contributed by atoms with Gasteiger partial charge in [0.1, 0.15) is 5.82 Å². The van der Waals surface area contributed by atoms with Gasteiger partial charge in [0.2, 0.25) is 5.91 Å². The van der Waals surface area contributed by atoms with E-state index in [4.69, 9.17) is 11.5 Å². The van der Waals surface area contributed by atoms with Crippen LogP contribution in [0.4, 0.5) is 10.1 Å². The number of hydrogen-bond donors (Lipinski definition) is 2. The predicted octanol–water partition coefficient (Wildman–Crippen LogP) is 2.58. The van der Waals surface area contributed by atoms with Crippen LogP contribution in [0.1, 0.15) is 15.9 Å². The molecular formula is C14H12BrFN2O2S. The smallest absolute Gasteiger partial charge is 0.248 e. The molecule has 21 heavy (non-hydrogen) atoms. The largest absolute Gasteiger partial charge is 0.398 e. The van der Waals surface area contributed by atoms with Crippen LogP contribution in [-0.4, -0.2) is 10.1 Å². The zero-order chi connectivity index (χ0) is 15.6. The Bertz CT molecular complexity index is 737. The van der Waals surface area contributed by atoms with E-state index in [1.54, 1.807) is 18.2 Å². The van der Waals surface area contributed by atoms with E-state index in [1.807, 2.05) is 0 Å². The van der Waals surface area contributed by atoms with Crippen molar-refractivity contribution in [1.82, 2.24) is 0 Å². The predicted molar refractivity (Wildman–Crippen MR) is 83.6 cm³/mol. The summed E-state index contributed by atoms with van der Waals surface area (Å²) in [6.45, 7) is 0. The van der Waals surface area contributed by atoms with Gasteiger partial charge >= 0.3 is 0 Å². The highest BCUT2D eigenvalue weighted by atomic mass is 79.9. The second kappa shape index (κ2) is 6.36. The van der Waals surface area contributed by atoms with E-state index in [1.165, 1.54) is 12.1 Å². The molecule has 1 amide bonds. The highest BCUT2D eigenvalue weighted by Gasteiger charge is 2.14. The molecule has 0 radical (unpaired) electrons. The molecule has 4 nitrogen and oxygen atoms in total. The second-order valence-electron chi connectivity index (χ2n) is 4.34. The quantitative estimate of drug-likeness (QED) is 0.810. The van der Waals surface area contributed by atoms with Crippen molar-refractivity contribution < 1.29 is 13.4 Å². The van der Waals surface area contributed by atoms with E-state index in [0.717, 1.165) is 10.5 Å². The molecule has 110 valence electrons. The zero-order valence-electron chi connectivity index (χ0n) is 10.8. The number of carbonyl (C=O) groups is 1. The van der Waals surface area contributed by atoms with Gasteiger partial charge in [0, 0.05) is 21.3 Å². The Balaban J connectivity index is 2.33. The van der Waals surface area contributed by atoms with Crippen LogP contribution in [0.5, 0.6) is 0 Å². The normalized spacial score (nSPS) is 12.1. The van der Waals surface area contributed by atoms with Gasteiger partial charge in [0.05, 0.1) is 21.4 Å². The van der Waals surface area contributed by atoms with Crippen molar-refractivity contribution in [3.05, 3.63) is 57.8 Å². The number of amides is 1. The lowest BCUT2D eigenvalue weighted by molar-refractivity contribution is 0.1000. The van der Waals surface area contributed by atoms with E-state index in [-0.39, 0.29) is 16.9 Å². The van der Waals surface area contributed by atoms with Crippen molar-refractivity contribution >= 4 is 38.3 Å². The monoisotopic (exact) mass is 370 g/mol. The topological polar surface area (TPSA) is 86.2 Å². The fourth-order valence-corrected chi connectivity index (χ4v) is 3.52. The lowest BCUT2D eigenvalue weighted by Gasteiger charge is -2.08. The Hall–Kier alpha value is -1.73. The first-order valence-electron chi connectivity index (χ1n) is 5.90. The van der Waals surface area contributed by atoms with Gasteiger partial charge in [0.25, 0.3) is 0 Å². The number of primary amides is 1. The van der Waals surface area contributed by atoms with Crippen LogP contribution >= 0.6 is 15.9 Å². The number of nitrogen functional groups attached to an aromatic ring is 1. The average molecular weight is 371 g/mol. The lowest BCUT2D eigenvalue weighted by atomic mass is 10.1. The highest BCUT2D eigenvalue weighted by Crippen LogP contribution is 2.24. The fraction of sp³-hybridized carbons (Fsp3) is 0.0714. The molecule has 4 N–H and O–H groups in total. The Morgan fingerprint density at radius 1 is 1.24 bits per heavy atom. The molecule has 0 saturated heterocycles. The van der Waals surface area contributed by atoms with Gasteiger partial charge in [-0.05, 0) is 36.4 Å². The molecule has 0 aliphatic heterocycles. The molecule has 0 spiro atoms. The van der Waals surface area contributed by atoms with E-state index in [2.05, 4.69) is 15.9 Å². The zero-order valence-corrected chi connectivity index (χ0v) is 13.2. The third-order valence-corrected chi connectivity index (χ3v) is 4.75. The van der Waals surface area contributed by atoms with Crippen molar-refractivity contribution in [2.24, 2.45) is 5.73 Å². The molecule has 0 saturated carbocycles. The maximum atomic E-state index is 13.8.